The van der Waals surface area contributed by atoms with Gasteiger partial charge in [-0.25, -0.2) is 4.98 Å². The van der Waals surface area contributed by atoms with Crippen molar-refractivity contribution in [1.82, 2.24) is 9.88 Å². The summed E-state index contributed by atoms with van der Waals surface area (Å²) in [5, 5.41) is 0. The predicted octanol–water partition coefficient (Wildman–Crippen LogP) is 3.35. The van der Waals surface area contributed by atoms with E-state index in [2.05, 4.69) is 11.1 Å². The van der Waals surface area contributed by atoms with E-state index in [1.807, 2.05) is 17.0 Å². The van der Waals surface area contributed by atoms with E-state index in [0.717, 1.165) is 11.6 Å². The van der Waals surface area contributed by atoms with Crippen LogP contribution in [0.4, 0.5) is 19.0 Å². The van der Waals surface area contributed by atoms with Gasteiger partial charge in [-0.15, -0.1) is 0 Å². The number of aryl methyl sites for hydroxylation is 2. The van der Waals surface area contributed by atoms with Gasteiger partial charge in [-0.1, -0.05) is 24.3 Å². The topological polar surface area (TPSA) is 36.4 Å². The lowest BCUT2D eigenvalue weighted by molar-refractivity contribution is -0.138. The zero-order chi connectivity index (χ0) is 19.4. The first kappa shape index (κ1) is 19.2. The fraction of sp³-hybridized carbons (Fsp3) is 0.400. The minimum atomic E-state index is -4.43. The van der Waals surface area contributed by atoms with Crippen LogP contribution in [-0.4, -0.2) is 42.0 Å². The SMILES string of the molecule is CC(=O)N1CCN(c2ccc(C(F)(F)F)c(CCc3c[c]ccc3)n2)CC1. The van der Waals surface area contributed by atoms with Crippen molar-refractivity contribution in [1.29, 1.82) is 0 Å². The summed E-state index contributed by atoms with van der Waals surface area (Å²) < 4.78 is 40.2. The molecule has 1 saturated heterocycles. The lowest BCUT2D eigenvalue weighted by atomic mass is 10.0. The molecule has 1 aromatic carbocycles. The van der Waals surface area contributed by atoms with E-state index in [1.54, 1.807) is 17.0 Å². The predicted molar refractivity (Wildman–Crippen MR) is 96.4 cm³/mol. The third-order valence-corrected chi connectivity index (χ3v) is 4.74. The van der Waals surface area contributed by atoms with Crippen LogP contribution in [0.5, 0.6) is 0 Å². The van der Waals surface area contributed by atoms with Crippen LogP contribution in [0.1, 0.15) is 23.7 Å². The number of pyridine rings is 1. The molecule has 7 heteroatoms. The van der Waals surface area contributed by atoms with Gasteiger partial charge in [0.25, 0.3) is 0 Å². The molecule has 0 unspecified atom stereocenters. The van der Waals surface area contributed by atoms with Crippen LogP contribution < -0.4 is 4.90 Å². The molecule has 1 radical (unpaired) electrons. The van der Waals surface area contributed by atoms with Gasteiger partial charge in [0.2, 0.25) is 5.91 Å². The van der Waals surface area contributed by atoms with Gasteiger partial charge in [0.15, 0.2) is 0 Å². The molecule has 1 aromatic heterocycles. The standard InChI is InChI=1S/C20H21F3N3O/c1-15(27)25-11-13-26(14-12-25)19-10-8-17(20(21,22)23)18(24-19)9-7-16-5-3-2-4-6-16/h2-3,5-6,8,10H,7,9,11-14H2,1H3. The van der Waals surface area contributed by atoms with E-state index in [0.29, 0.717) is 38.4 Å². The molecule has 1 amide bonds. The maximum atomic E-state index is 13.4. The molecule has 1 aliphatic heterocycles. The van der Waals surface area contributed by atoms with Crippen molar-refractivity contribution in [3.63, 3.8) is 0 Å². The Morgan fingerprint density at radius 3 is 2.48 bits per heavy atom. The Bertz CT molecular complexity index is 785. The number of hydrogen-bond acceptors (Lipinski definition) is 3. The fourth-order valence-electron chi connectivity index (χ4n) is 3.21. The summed E-state index contributed by atoms with van der Waals surface area (Å²) in [6.45, 7) is 3.74. The highest BCUT2D eigenvalue weighted by Gasteiger charge is 2.34. The molecule has 4 nitrogen and oxygen atoms in total. The van der Waals surface area contributed by atoms with Gasteiger partial charge in [-0.3, -0.25) is 4.79 Å². The number of aromatic nitrogens is 1. The Labute approximate surface area is 156 Å². The molecule has 0 spiro atoms. The van der Waals surface area contributed by atoms with Crippen molar-refractivity contribution in [2.24, 2.45) is 0 Å². The summed E-state index contributed by atoms with van der Waals surface area (Å²) >= 11 is 0. The first-order valence-electron chi connectivity index (χ1n) is 8.87. The smallest absolute Gasteiger partial charge is 0.353 e. The van der Waals surface area contributed by atoms with Gasteiger partial charge >= 0.3 is 6.18 Å². The quantitative estimate of drug-likeness (QED) is 0.821. The second-order valence-corrected chi connectivity index (χ2v) is 6.57. The van der Waals surface area contributed by atoms with E-state index >= 15 is 0 Å². The van der Waals surface area contributed by atoms with Gasteiger partial charge in [-0.2, -0.15) is 13.2 Å². The van der Waals surface area contributed by atoms with Crippen LogP contribution in [0.3, 0.4) is 0 Å². The van der Waals surface area contributed by atoms with E-state index < -0.39 is 11.7 Å². The summed E-state index contributed by atoms with van der Waals surface area (Å²) in [6, 6.07) is 12.7. The van der Waals surface area contributed by atoms with E-state index in [-0.39, 0.29) is 18.0 Å². The summed E-state index contributed by atoms with van der Waals surface area (Å²) in [5.41, 5.74) is 0.291. The number of amides is 1. The second kappa shape index (κ2) is 7.98. The molecule has 0 saturated carbocycles. The van der Waals surface area contributed by atoms with Crippen molar-refractivity contribution < 1.29 is 18.0 Å². The van der Waals surface area contributed by atoms with Crippen molar-refractivity contribution >= 4 is 11.7 Å². The Hall–Kier alpha value is -2.57. The Morgan fingerprint density at radius 1 is 1.15 bits per heavy atom. The first-order chi connectivity index (χ1) is 12.8. The highest BCUT2D eigenvalue weighted by molar-refractivity contribution is 5.73. The Balaban J connectivity index is 1.79. The Morgan fingerprint density at radius 2 is 1.89 bits per heavy atom. The number of carbonyl (C=O) groups is 1. The van der Waals surface area contributed by atoms with Crippen LogP contribution in [0.2, 0.25) is 0 Å². The van der Waals surface area contributed by atoms with Gasteiger partial charge in [0, 0.05) is 33.1 Å². The third kappa shape index (κ3) is 4.78. The number of carbonyl (C=O) groups excluding carboxylic acids is 1. The molecule has 0 bridgehead atoms. The number of piperazine rings is 1. The molecular formula is C20H21F3N3O. The van der Waals surface area contributed by atoms with Crippen molar-refractivity contribution in [2.75, 3.05) is 31.1 Å². The normalized spacial score (nSPS) is 15.1. The number of anilines is 1. The number of rotatable bonds is 4. The monoisotopic (exact) mass is 376 g/mol. The number of benzene rings is 1. The van der Waals surface area contributed by atoms with Gasteiger partial charge in [-0.05, 0) is 36.6 Å². The minimum Gasteiger partial charge on any atom is -0.353 e. The van der Waals surface area contributed by atoms with Crippen LogP contribution in [0.15, 0.2) is 36.4 Å². The van der Waals surface area contributed by atoms with Crippen LogP contribution in [0.25, 0.3) is 0 Å². The lowest BCUT2D eigenvalue weighted by Gasteiger charge is -2.35. The fourth-order valence-corrected chi connectivity index (χ4v) is 3.21. The maximum absolute atomic E-state index is 13.4. The first-order valence-corrected chi connectivity index (χ1v) is 8.87. The molecule has 2 heterocycles. The zero-order valence-corrected chi connectivity index (χ0v) is 15.1. The minimum absolute atomic E-state index is 0.00961. The molecule has 1 aliphatic rings. The van der Waals surface area contributed by atoms with Crippen LogP contribution in [-0.2, 0) is 23.8 Å². The number of halogens is 3. The molecule has 0 N–H and O–H groups in total. The molecule has 3 rings (SSSR count). The number of nitrogens with zero attached hydrogens (tertiary/aromatic N) is 3. The average Bonchev–Trinajstić information content (AvgIpc) is 2.66. The third-order valence-electron chi connectivity index (χ3n) is 4.74. The van der Waals surface area contributed by atoms with E-state index in [4.69, 9.17) is 0 Å². The summed E-state index contributed by atoms with van der Waals surface area (Å²) in [6.07, 6.45) is -3.76. The molecular weight excluding hydrogens is 355 g/mol. The molecule has 0 aliphatic carbocycles. The number of hydrogen-bond donors (Lipinski definition) is 0. The molecule has 0 atom stereocenters. The van der Waals surface area contributed by atoms with Crippen molar-refractivity contribution in [2.45, 2.75) is 25.9 Å². The van der Waals surface area contributed by atoms with Gasteiger partial charge < -0.3 is 9.80 Å². The molecule has 27 heavy (non-hydrogen) atoms. The Kier molecular flexibility index (Phi) is 5.68. The van der Waals surface area contributed by atoms with Crippen LogP contribution >= 0.6 is 0 Å². The van der Waals surface area contributed by atoms with Gasteiger partial charge in [0.1, 0.15) is 5.82 Å². The second-order valence-electron chi connectivity index (χ2n) is 6.57. The largest absolute Gasteiger partial charge is 0.418 e. The highest BCUT2D eigenvalue weighted by Crippen LogP contribution is 2.33. The van der Waals surface area contributed by atoms with Crippen LogP contribution in [0, 0.1) is 6.07 Å². The zero-order valence-electron chi connectivity index (χ0n) is 15.1. The maximum Gasteiger partial charge on any atom is 0.418 e. The highest BCUT2D eigenvalue weighted by atomic mass is 19.4. The summed E-state index contributed by atoms with van der Waals surface area (Å²) in [4.78, 5) is 19.4. The van der Waals surface area contributed by atoms with Crippen molar-refractivity contribution in [3.8, 4) is 0 Å². The lowest BCUT2D eigenvalue weighted by Crippen LogP contribution is -2.48. The summed E-state index contributed by atoms with van der Waals surface area (Å²) in [7, 11) is 0. The molecule has 1 fully saturated rings. The number of alkyl halides is 3. The van der Waals surface area contributed by atoms with E-state index in [9.17, 15) is 18.0 Å². The van der Waals surface area contributed by atoms with Crippen molar-refractivity contribution in [3.05, 3.63) is 59.3 Å². The average molecular weight is 376 g/mol. The van der Waals surface area contributed by atoms with Gasteiger partial charge in [0.05, 0.1) is 11.3 Å². The molecule has 143 valence electrons. The molecule has 2 aromatic rings. The summed E-state index contributed by atoms with van der Waals surface area (Å²) in [5.74, 6) is 0.538. The van der Waals surface area contributed by atoms with E-state index in [1.165, 1.54) is 13.0 Å².